The second-order valence-electron chi connectivity index (χ2n) is 6.89. The number of hydrogen-bond acceptors (Lipinski definition) is 5. The van der Waals surface area contributed by atoms with E-state index in [1.54, 1.807) is 6.20 Å². The molecule has 1 aliphatic rings. The fourth-order valence-corrected chi connectivity index (χ4v) is 3.78. The largest absolute Gasteiger partial charge is 0.364 e. The lowest BCUT2D eigenvalue weighted by Crippen LogP contribution is -2.32. The van der Waals surface area contributed by atoms with Gasteiger partial charge in [-0.2, -0.15) is 5.26 Å². The van der Waals surface area contributed by atoms with E-state index in [4.69, 9.17) is 4.98 Å². The van der Waals surface area contributed by atoms with Crippen molar-refractivity contribution in [1.82, 2.24) is 15.0 Å². The normalized spacial score (nSPS) is 13.5. The molecule has 0 atom stereocenters. The van der Waals surface area contributed by atoms with Gasteiger partial charge < -0.3 is 4.90 Å². The van der Waals surface area contributed by atoms with Gasteiger partial charge in [0.1, 0.15) is 11.9 Å². The fraction of sp³-hybridized carbons (Fsp3) is 0.333. The van der Waals surface area contributed by atoms with Crippen molar-refractivity contribution >= 4 is 16.6 Å². The second-order valence-corrected chi connectivity index (χ2v) is 6.89. The third-order valence-corrected chi connectivity index (χ3v) is 5.03. The van der Waals surface area contributed by atoms with Gasteiger partial charge in [-0.3, -0.25) is 4.98 Å². The highest BCUT2D eigenvalue weighted by atomic mass is 15.2. The Balaban J connectivity index is 1.87. The van der Waals surface area contributed by atoms with E-state index in [0.717, 1.165) is 53.1 Å². The average molecular weight is 343 g/mol. The first kappa shape index (κ1) is 16.5. The maximum atomic E-state index is 9.68. The number of fused-ring (bicyclic) bond motifs is 2. The van der Waals surface area contributed by atoms with Gasteiger partial charge in [0, 0.05) is 30.7 Å². The highest BCUT2D eigenvalue weighted by molar-refractivity contribution is 5.96. The lowest BCUT2D eigenvalue weighted by atomic mass is 10.00. The zero-order valence-electron chi connectivity index (χ0n) is 15.4. The number of nitriles is 1. The van der Waals surface area contributed by atoms with Gasteiger partial charge in [0.15, 0.2) is 0 Å². The molecule has 2 aromatic heterocycles. The summed E-state index contributed by atoms with van der Waals surface area (Å²) in [7, 11) is 0. The predicted molar refractivity (Wildman–Crippen MR) is 102 cm³/mol. The Bertz CT molecular complexity index is 1050. The van der Waals surface area contributed by atoms with Crippen LogP contribution in [0.3, 0.4) is 0 Å². The van der Waals surface area contributed by atoms with Crippen LogP contribution < -0.4 is 4.90 Å². The van der Waals surface area contributed by atoms with Crippen LogP contribution >= 0.6 is 0 Å². The van der Waals surface area contributed by atoms with Crippen LogP contribution in [0.5, 0.6) is 0 Å². The van der Waals surface area contributed by atoms with Gasteiger partial charge in [-0.25, -0.2) is 9.97 Å². The number of pyridine rings is 1. The average Bonchev–Trinajstić information content (AvgIpc) is 2.66. The van der Waals surface area contributed by atoms with E-state index in [9.17, 15) is 5.26 Å². The Morgan fingerprint density at radius 1 is 1.19 bits per heavy atom. The third-order valence-electron chi connectivity index (χ3n) is 5.03. The first-order chi connectivity index (χ1) is 12.6. The van der Waals surface area contributed by atoms with Crippen LogP contribution in [-0.2, 0) is 19.4 Å². The highest BCUT2D eigenvalue weighted by Gasteiger charge is 2.23. The predicted octanol–water partition coefficient (Wildman–Crippen LogP) is 3.64. The van der Waals surface area contributed by atoms with E-state index in [1.807, 2.05) is 6.20 Å². The maximum Gasteiger partial charge on any atom is 0.128 e. The SMILES string of the molecule is CCc1ncc2c(n1)CN(c1c(C#N)cnc3c(C)cc(C)cc13)CC2. The van der Waals surface area contributed by atoms with Gasteiger partial charge in [-0.15, -0.1) is 0 Å². The zero-order valence-corrected chi connectivity index (χ0v) is 15.4. The van der Waals surface area contributed by atoms with Crippen LogP contribution in [0.2, 0.25) is 0 Å². The first-order valence-electron chi connectivity index (χ1n) is 8.99. The molecule has 0 bridgehead atoms. The van der Waals surface area contributed by atoms with Crippen LogP contribution in [0.25, 0.3) is 10.9 Å². The van der Waals surface area contributed by atoms with E-state index in [0.29, 0.717) is 12.1 Å². The monoisotopic (exact) mass is 343 g/mol. The zero-order chi connectivity index (χ0) is 18.3. The van der Waals surface area contributed by atoms with Crippen molar-refractivity contribution in [2.75, 3.05) is 11.4 Å². The minimum absolute atomic E-state index is 0.621. The molecule has 0 N–H and O–H groups in total. The fourth-order valence-electron chi connectivity index (χ4n) is 3.78. The Morgan fingerprint density at radius 2 is 2.04 bits per heavy atom. The Kier molecular flexibility index (Phi) is 4.04. The van der Waals surface area contributed by atoms with Crippen molar-refractivity contribution in [2.45, 2.75) is 40.2 Å². The topological polar surface area (TPSA) is 65.7 Å². The number of aromatic nitrogens is 3. The van der Waals surface area contributed by atoms with Crippen LogP contribution in [0.1, 0.15) is 40.7 Å². The van der Waals surface area contributed by atoms with Crippen molar-refractivity contribution in [3.05, 3.63) is 58.3 Å². The molecule has 130 valence electrons. The minimum Gasteiger partial charge on any atom is -0.364 e. The van der Waals surface area contributed by atoms with Crippen molar-refractivity contribution in [2.24, 2.45) is 0 Å². The molecule has 0 aliphatic carbocycles. The molecule has 1 aliphatic heterocycles. The summed E-state index contributed by atoms with van der Waals surface area (Å²) in [5, 5.41) is 10.7. The van der Waals surface area contributed by atoms with Gasteiger partial charge in [-0.05, 0) is 37.5 Å². The number of aryl methyl sites for hydroxylation is 3. The molecule has 1 aromatic carbocycles. The highest BCUT2D eigenvalue weighted by Crippen LogP contribution is 2.34. The summed E-state index contributed by atoms with van der Waals surface area (Å²) < 4.78 is 0. The summed E-state index contributed by atoms with van der Waals surface area (Å²) in [5.74, 6) is 0.873. The molecule has 0 fully saturated rings. The molecule has 0 saturated carbocycles. The Labute approximate surface area is 153 Å². The third kappa shape index (κ3) is 2.68. The molecule has 5 nitrogen and oxygen atoms in total. The van der Waals surface area contributed by atoms with Gasteiger partial charge in [-0.1, -0.05) is 18.6 Å². The summed E-state index contributed by atoms with van der Waals surface area (Å²) in [6, 6.07) is 6.61. The standard InChI is InChI=1S/C21H21N5/c1-4-19-23-10-15-5-6-26(12-18(15)25-19)21-16(9-22)11-24-20-14(3)7-13(2)8-17(20)21/h7-8,10-11H,4-6,12H2,1-3H3. The van der Waals surface area contributed by atoms with Crippen molar-refractivity contribution in [3.63, 3.8) is 0 Å². The maximum absolute atomic E-state index is 9.68. The molecule has 0 unspecified atom stereocenters. The summed E-state index contributed by atoms with van der Waals surface area (Å²) in [6.45, 7) is 7.78. The van der Waals surface area contributed by atoms with Crippen LogP contribution in [0.15, 0.2) is 24.5 Å². The lowest BCUT2D eigenvalue weighted by molar-refractivity contribution is 0.694. The van der Waals surface area contributed by atoms with Gasteiger partial charge in [0.2, 0.25) is 0 Å². The van der Waals surface area contributed by atoms with E-state index in [2.05, 4.69) is 53.8 Å². The van der Waals surface area contributed by atoms with E-state index >= 15 is 0 Å². The number of anilines is 1. The summed E-state index contributed by atoms with van der Waals surface area (Å²) in [6.07, 6.45) is 5.38. The molecule has 4 rings (SSSR count). The van der Waals surface area contributed by atoms with E-state index in [1.165, 1.54) is 11.1 Å². The van der Waals surface area contributed by atoms with E-state index in [-0.39, 0.29) is 0 Å². The molecule has 3 heterocycles. The molecule has 5 heteroatoms. The van der Waals surface area contributed by atoms with Crippen LogP contribution in [0.4, 0.5) is 5.69 Å². The van der Waals surface area contributed by atoms with Crippen molar-refractivity contribution in [3.8, 4) is 6.07 Å². The molecular formula is C21H21N5. The number of benzene rings is 1. The first-order valence-corrected chi connectivity index (χ1v) is 8.99. The van der Waals surface area contributed by atoms with Crippen LogP contribution in [-0.4, -0.2) is 21.5 Å². The number of hydrogen-bond donors (Lipinski definition) is 0. The Morgan fingerprint density at radius 3 is 2.81 bits per heavy atom. The van der Waals surface area contributed by atoms with Crippen molar-refractivity contribution < 1.29 is 0 Å². The molecule has 3 aromatic rings. The van der Waals surface area contributed by atoms with Crippen molar-refractivity contribution in [1.29, 1.82) is 5.26 Å². The number of rotatable bonds is 2. The van der Waals surface area contributed by atoms with E-state index < -0.39 is 0 Å². The summed E-state index contributed by atoms with van der Waals surface area (Å²) in [4.78, 5) is 16.0. The summed E-state index contributed by atoms with van der Waals surface area (Å²) >= 11 is 0. The quantitative estimate of drug-likeness (QED) is 0.711. The second kappa shape index (κ2) is 6.38. The van der Waals surface area contributed by atoms with Gasteiger partial charge in [0.05, 0.1) is 29.0 Å². The molecule has 0 radical (unpaired) electrons. The lowest BCUT2D eigenvalue weighted by Gasteiger charge is -2.31. The molecular weight excluding hydrogens is 322 g/mol. The molecule has 0 spiro atoms. The minimum atomic E-state index is 0.621. The van der Waals surface area contributed by atoms with Gasteiger partial charge in [0.25, 0.3) is 0 Å². The Hall–Kier alpha value is -3.00. The molecule has 26 heavy (non-hydrogen) atoms. The molecule has 0 saturated heterocycles. The summed E-state index contributed by atoms with van der Waals surface area (Å²) in [5.41, 5.74) is 7.17. The van der Waals surface area contributed by atoms with Gasteiger partial charge >= 0.3 is 0 Å². The number of nitrogens with zero attached hydrogens (tertiary/aromatic N) is 5. The smallest absolute Gasteiger partial charge is 0.128 e. The molecule has 0 amide bonds. The van der Waals surface area contributed by atoms with Crippen LogP contribution in [0, 0.1) is 25.2 Å².